The number of rotatable bonds is 4. The Morgan fingerprint density at radius 2 is 2.04 bits per heavy atom. The molecule has 2 amide bonds. The summed E-state index contributed by atoms with van der Waals surface area (Å²) in [5, 5.41) is 21.8. The van der Waals surface area contributed by atoms with Gasteiger partial charge in [0.25, 0.3) is 0 Å². The zero-order valence-electron chi connectivity index (χ0n) is 14.9. The first-order chi connectivity index (χ1) is 12.5. The van der Waals surface area contributed by atoms with Crippen LogP contribution in [0.25, 0.3) is 0 Å². The number of benzene rings is 2. The van der Waals surface area contributed by atoms with Gasteiger partial charge in [-0.25, -0.2) is 4.79 Å². The van der Waals surface area contributed by atoms with E-state index in [0.717, 1.165) is 22.4 Å². The molecular formula is C21H20N4O. The molecule has 2 aromatic carbocycles. The molecule has 0 spiro atoms. The van der Waals surface area contributed by atoms with Gasteiger partial charge in [0.1, 0.15) is 0 Å². The van der Waals surface area contributed by atoms with E-state index in [4.69, 9.17) is 5.26 Å². The van der Waals surface area contributed by atoms with Gasteiger partial charge in [-0.05, 0) is 55.2 Å². The van der Waals surface area contributed by atoms with Gasteiger partial charge in [0, 0.05) is 18.8 Å². The molecule has 1 heterocycles. The van der Waals surface area contributed by atoms with Crippen LogP contribution in [-0.4, -0.2) is 17.5 Å². The first kappa shape index (κ1) is 17.5. The fraction of sp³-hybridized carbons (Fsp3) is 0.286. The van der Waals surface area contributed by atoms with Crippen LogP contribution in [-0.2, 0) is 18.4 Å². The lowest BCUT2D eigenvalue weighted by molar-refractivity contribution is 0.210. The Balaban J connectivity index is 1.93. The number of nitrogens with one attached hydrogen (secondary N) is 1. The van der Waals surface area contributed by atoms with E-state index in [1.165, 1.54) is 0 Å². The smallest absolute Gasteiger partial charge is 0.320 e. The van der Waals surface area contributed by atoms with Gasteiger partial charge in [0.2, 0.25) is 0 Å². The van der Waals surface area contributed by atoms with Crippen LogP contribution in [0.4, 0.5) is 10.5 Å². The summed E-state index contributed by atoms with van der Waals surface area (Å²) in [6, 6.07) is 17.6. The average Bonchev–Trinajstić information content (AvgIpc) is 2.67. The molecule has 0 radical (unpaired) electrons. The molecule has 0 aliphatic carbocycles. The van der Waals surface area contributed by atoms with E-state index in [1.807, 2.05) is 50.2 Å². The lowest BCUT2D eigenvalue weighted by Gasteiger charge is -2.30. The molecule has 0 bridgehead atoms. The lowest BCUT2D eigenvalue weighted by atomic mass is 9.78. The monoisotopic (exact) mass is 344 g/mol. The lowest BCUT2D eigenvalue weighted by Crippen LogP contribution is -2.38. The Morgan fingerprint density at radius 3 is 2.73 bits per heavy atom. The van der Waals surface area contributed by atoms with Gasteiger partial charge in [-0.3, -0.25) is 0 Å². The van der Waals surface area contributed by atoms with Crippen molar-refractivity contribution in [3.8, 4) is 12.1 Å². The highest BCUT2D eigenvalue weighted by Gasteiger charge is 2.29. The summed E-state index contributed by atoms with van der Waals surface area (Å²) in [6.45, 7) is 5.06. The topological polar surface area (TPSA) is 79.9 Å². The molecule has 5 nitrogen and oxygen atoms in total. The Labute approximate surface area is 153 Å². The molecule has 0 saturated carbocycles. The number of carbonyl (C=O) groups is 1. The standard InChI is InChI=1S/C21H20N4O/c1-3-25-13-17-7-8-18(10-19(17)24-20(25)26)21(2,14-23)11-15-5-4-6-16(9-15)12-22/h4-10H,3,11,13H2,1-2H3,(H,24,26)/t21-/m1/s1. The van der Waals surface area contributed by atoms with Crippen LogP contribution in [0.15, 0.2) is 42.5 Å². The normalized spacial score (nSPS) is 15.2. The highest BCUT2D eigenvalue weighted by atomic mass is 16.2. The van der Waals surface area contributed by atoms with Gasteiger partial charge in [-0.2, -0.15) is 10.5 Å². The summed E-state index contributed by atoms with van der Waals surface area (Å²) in [6.07, 6.45) is 0.493. The van der Waals surface area contributed by atoms with Gasteiger partial charge < -0.3 is 10.2 Å². The van der Waals surface area contributed by atoms with Gasteiger partial charge in [0.15, 0.2) is 0 Å². The molecule has 1 atom stereocenters. The van der Waals surface area contributed by atoms with Crippen LogP contribution in [0, 0.1) is 22.7 Å². The predicted octanol–water partition coefficient (Wildman–Crippen LogP) is 3.95. The van der Waals surface area contributed by atoms with E-state index >= 15 is 0 Å². The zero-order valence-corrected chi connectivity index (χ0v) is 14.9. The number of nitrogens with zero attached hydrogens (tertiary/aromatic N) is 3. The predicted molar refractivity (Wildman–Crippen MR) is 99.4 cm³/mol. The Hall–Kier alpha value is -3.31. The minimum atomic E-state index is -0.754. The number of nitriles is 2. The van der Waals surface area contributed by atoms with Crippen LogP contribution in [0.5, 0.6) is 0 Å². The van der Waals surface area contributed by atoms with Crippen molar-refractivity contribution in [2.45, 2.75) is 32.2 Å². The van der Waals surface area contributed by atoms with E-state index in [-0.39, 0.29) is 6.03 Å². The van der Waals surface area contributed by atoms with Gasteiger partial charge in [-0.15, -0.1) is 0 Å². The quantitative estimate of drug-likeness (QED) is 0.912. The molecule has 130 valence electrons. The molecule has 1 aliphatic rings. The van der Waals surface area contributed by atoms with Crippen molar-refractivity contribution in [1.82, 2.24) is 4.90 Å². The number of amides is 2. The maximum absolute atomic E-state index is 12.1. The Morgan fingerprint density at radius 1 is 1.23 bits per heavy atom. The second-order valence-corrected chi connectivity index (χ2v) is 6.75. The summed E-state index contributed by atoms with van der Waals surface area (Å²) < 4.78 is 0. The summed E-state index contributed by atoms with van der Waals surface area (Å²) in [5.74, 6) is 0. The van der Waals surface area contributed by atoms with Crippen LogP contribution in [0.1, 0.15) is 36.1 Å². The molecule has 0 unspecified atom stereocenters. The summed E-state index contributed by atoms with van der Waals surface area (Å²) in [7, 11) is 0. The van der Waals surface area contributed by atoms with Crippen molar-refractivity contribution in [2.24, 2.45) is 0 Å². The number of anilines is 1. The molecule has 0 aromatic heterocycles. The third-order valence-corrected chi connectivity index (χ3v) is 4.88. The average molecular weight is 344 g/mol. The van der Waals surface area contributed by atoms with Gasteiger partial charge >= 0.3 is 6.03 Å². The molecule has 3 rings (SSSR count). The van der Waals surface area contributed by atoms with Crippen molar-refractivity contribution in [2.75, 3.05) is 11.9 Å². The summed E-state index contributed by atoms with van der Waals surface area (Å²) in [4.78, 5) is 13.8. The molecule has 26 heavy (non-hydrogen) atoms. The Kier molecular flexibility index (Phi) is 4.65. The SMILES string of the molecule is CCN1Cc2ccc([C@@](C)(C#N)Cc3cccc(C#N)c3)cc2NC1=O. The highest BCUT2D eigenvalue weighted by molar-refractivity contribution is 5.92. The number of fused-ring (bicyclic) bond motifs is 1. The van der Waals surface area contributed by atoms with Crippen LogP contribution in [0.3, 0.4) is 0 Å². The number of carbonyl (C=O) groups excluding carboxylic acids is 1. The van der Waals surface area contributed by atoms with Crippen molar-refractivity contribution < 1.29 is 4.79 Å². The fourth-order valence-electron chi connectivity index (χ4n) is 3.27. The minimum absolute atomic E-state index is 0.113. The van der Waals surface area contributed by atoms with Crippen LogP contribution >= 0.6 is 0 Å². The summed E-state index contributed by atoms with van der Waals surface area (Å²) >= 11 is 0. The largest absolute Gasteiger partial charge is 0.322 e. The van der Waals surface area contributed by atoms with E-state index in [9.17, 15) is 10.1 Å². The maximum atomic E-state index is 12.1. The van der Waals surface area contributed by atoms with Gasteiger partial charge in [0.05, 0.1) is 23.1 Å². The molecule has 0 saturated heterocycles. The zero-order chi connectivity index (χ0) is 18.7. The van der Waals surface area contributed by atoms with Crippen molar-refractivity contribution in [3.63, 3.8) is 0 Å². The van der Waals surface area contributed by atoms with Gasteiger partial charge in [-0.1, -0.05) is 24.3 Å². The second-order valence-electron chi connectivity index (χ2n) is 6.75. The first-order valence-corrected chi connectivity index (χ1v) is 8.58. The van der Waals surface area contributed by atoms with Crippen LogP contribution < -0.4 is 5.32 Å². The Bertz CT molecular complexity index is 938. The highest BCUT2D eigenvalue weighted by Crippen LogP contribution is 2.33. The number of hydrogen-bond acceptors (Lipinski definition) is 3. The summed E-state index contributed by atoms with van der Waals surface area (Å²) in [5.41, 5.74) is 3.43. The number of urea groups is 1. The molecule has 2 aromatic rings. The fourth-order valence-corrected chi connectivity index (χ4v) is 3.27. The third kappa shape index (κ3) is 3.25. The molecule has 5 heteroatoms. The van der Waals surface area contributed by atoms with Crippen molar-refractivity contribution >= 4 is 11.7 Å². The first-order valence-electron chi connectivity index (χ1n) is 8.58. The maximum Gasteiger partial charge on any atom is 0.322 e. The van der Waals surface area contributed by atoms with Crippen molar-refractivity contribution in [3.05, 3.63) is 64.7 Å². The molecule has 1 aliphatic heterocycles. The number of hydrogen-bond donors (Lipinski definition) is 1. The van der Waals surface area contributed by atoms with Crippen molar-refractivity contribution in [1.29, 1.82) is 10.5 Å². The van der Waals surface area contributed by atoms with E-state index in [0.29, 0.717) is 25.1 Å². The molecule has 1 N–H and O–H groups in total. The third-order valence-electron chi connectivity index (χ3n) is 4.88. The minimum Gasteiger partial charge on any atom is -0.320 e. The van der Waals surface area contributed by atoms with E-state index in [1.54, 1.807) is 11.0 Å². The van der Waals surface area contributed by atoms with E-state index in [2.05, 4.69) is 17.5 Å². The molecular weight excluding hydrogens is 324 g/mol. The van der Waals surface area contributed by atoms with E-state index < -0.39 is 5.41 Å². The molecule has 0 fully saturated rings. The second kappa shape index (κ2) is 6.90. The van der Waals surface area contributed by atoms with Crippen LogP contribution in [0.2, 0.25) is 0 Å².